The van der Waals surface area contributed by atoms with Gasteiger partial charge in [0.2, 0.25) is 0 Å². The predicted octanol–water partition coefficient (Wildman–Crippen LogP) is 15.2. The van der Waals surface area contributed by atoms with Gasteiger partial charge in [-0.25, -0.2) is 15.0 Å². The highest BCUT2D eigenvalue weighted by atomic mass is 16.3. The Morgan fingerprint density at radius 1 is 0.262 bits per heavy atom. The molecule has 0 spiro atoms. The van der Waals surface area contributed by atoms with Crippen molar-refractivity contribution in [3.63, 3.8) is 0 Å². The van der Waals surface area contributed by atoms with Crippen molar-refractivity contribution in [3.8, 4) is 67.5 Å². The third kappa shape index (κ3) is 5.96. The van der Waals surface area contributed by atoms with Gasteiger partial charge in [-0.2, -0.15) is 0 Å². The van der Waals surface area contributed by atoms with E-state index in [4.69, 9.17) is 19.4 Å². The second-order valence-electron chi connectivity index (χ2n) is 15.5. The summed E-state index contributed by atoms with van der Waals surface area (Å²) in [6.45, 7) is 0. The Morgan fingerprint density at radius 2 is 0.787 bits per heavy atom. The van der Waals surface area contributed by atoms with E-state index in [9.17, 15) is 0 Å². The van der Waals surface area contributed by atoms with E-state index < -0.39 is 0 Å². The molecule has 0 unspecified atom stereocenters. The molecule has 0 aliphatic carbocycles. The molecule has 0 amide bonds. The Bertz CT molecular complexity index is 3650. The lowest BCUT2D eigenvalue weighted by atomic mass is 9.89. The zero-order valence-corrected chi connectivity index (χ0v) is 33.0. The molecule has 12 rings (SSSR count). The molecule has 2 aromatic heterocycles. The molecule has 2 heterocycles. The third-order valence-corrected chi connectivity index (χ3v) is 11.9. The normalized spacial score (nSPS) is 11.6. The summed E-state index contributed by atoms with van der Waals surface area (Å²) in [4.78, 5) is 15.3. The van der Waals surface area contributed by atoms with Crippen LogP contribution in [0.15, 0.2) is 217 Å². The molecule has 61 heavy (non-hydrogen) atoms. The van der Waals surface area contributed by atoms with E-state index in [1.165, 1.54) is 54.6 Å². The van der Waals surface area contributed by atoms with Crippen LogP contribution in [0.3, 0.4) is 0 Å². The Morgan fingerprint density at radius 3 is 1.54 bits per heavy atom. The minimum Gasteiger partial charge on any atom is -0.455 e. The van der Waals surface area contributed by atoms with Crippen molar-refractivity contribution < 1.29 is 4.42 Å². The monoisotopic (exact) mass is 777 g/mol. The van der Waals surface area contributed by atoms with Crippen LogP contribution < -0.4 is 0 Å². The largest absolute Gasteiger partial charge is 0.455 e. The number of fused-ring (bicyclic) bond motifs is 7. The Balaban J connectivity index is 0.991. The molecule has 0 atom stereocenters. The van der Waals surface area contributed by atoms with Gasteiger partial charge in [0.25, 0.3) is 0 Å². The van der Waals surface area contributed by atoms with E-state index in [2.05, 4.69) is 152 Å². The Labute approximate surface area is 352 Å². The van der Waals surface area contributed by atoms with Gasteiger partial charge in [0.05, 0.1) is 5.56 Å². The molecule has 12 aromatic rings. The number of hydrogen-bond acceptors (Lipinski definition) is 4. The van der Waals surface area contributed by atoms with Crippen LogP contribution >= 0.6 is 0 Å². The van der Waals surface area contributed by atoms with Crippen LogP contribution in [-0.4, -0.2) is 15.0 Å². The molecule has 0 N–H and O–H groups in total. The van der Waals surface area contributed by atoms with E-state index >= 15 is 0 Å². The summed E-state index contributed by atoms with van der Waals surface area (Å²) >= 11 is 0. The summed E-state index contributed by atoms with van der Waals surface area (Å²) in [6.07, 6.45) is 0. The Kier molecular flexibility index (Phi) is 8.13. The van der Waals surface area contributed by atoms with Crippen LogP contribution in [0.4, 0.5) is 0 Å². The van der Waals surface area contributed by atoms with Gasteiger partial charge in [-0.3, -0.25) is 0 Å². The number of rotatable bonds is 6. The summed E-state index contributed by atoms with van der Waals surface area (Å²) in [7, 11) is 0. The van der Waals surface area contributed by atoms with Gasteiger partial charge in [-0.15, -0.1) is 0 Å². The van der Waals surface area contributed by atoms with Crippen LogP contribution in [0.5, 0.6) is 0 Å². The summed E-state index contributed by atoms with van der Waals surface area (Å²) in [6, 6.07) is 74.9. The van der Waals surface area contributed by atoms with E-state index in [-0.39, 0.29) is 0 Å². The van der Waals surface area contributed by atoms with Crippen LogP contribution in [0, 0.1) is 0 Å². The van der Waals surface area contributed by atoms with Crippen molar-refractivity contribution >= 4 is 54.3 Å². The molecule has 0 aliphatic rings. The second-order valence-corrected chi connectivity index (χ2v) is 15.5. The third-order valence-electron chi connectivity index (χ3n) is 11.9. The zero-order valence-electron chi connectivity index (χ0n) is 33.0. The molecule has 0 fully saturated rings. The van der Waals surface area contributed by atoms with Gasteiger partial charge >= 0.3 is 0 Å². The predicted molar refractivity (Wildman–Crippen MR) is 252 cm³/mol. The maximum atomic E-state index is 6.45. The first-order chi connectivity index (χ1) is 30.2. The van der Waals surface area contributed by atoms with Crippen LogP contribution in [0.2, 0.25) is 0 Å². The Hall–Kier alpha value is -8.21. The first kappa shape index (κ1) is 34.8. The van der Waals surface area contributed by atoms with Gasteiger partial charge in [0.15, 0.2) is 17.5 Å². The molecule has 10 aromatic carbocycles. The molecule has 0 radical (unpaired) electrons. The molecular formula is C57H35N3O. The summed E-state index contributed by atoms with van der Waals surface area (Å²) in [5.41, 5.74) is 11.4. The van der Waals surface area contributed by atoms with Crippen molar-refractivity contribution in [3.05, 3.63) is 212 Å². The van der Waals surface area contributed by atoms with Gasteiger partial charge in [-0.1, -0.05) is 182 Å². The fourth-order valence-electron chi connectivity index (χ4n) is 9.02. The van der Waals surface area contributed by atoms with Crippen molar-refractivity contribution in [1.82, 2.24) is 15.0 Å². The molecule has 4 nitrogen and oxygen atoms in total. The van der Waals surface area contributed by atoms with E-state index in [0.717, 1.165) is 49.8 Å². The van der Waals surface area contributed by atoms with E-state index in [1.807, 2.05) is 60.7 Å². The lowest BCUT2D eigenvalue weighted by Crippen LogP contribution is -2.00. The summed E-state index contributed by atoms with van der Waals surface area (Å²) in [5, 5.41) is 9.38. The number of hydrogen-bond donors (Lipinski definition) is 0. The SMILES string of the molecule is c1ccc(-c2nc(-c3cccc(-c4cc5ccc(-c6ccc(-c7ccccc7)c7ccccc67)cc5c5ccccc45)c3)nc(-c3cccc4c3oc3ccccc34)n2)cc1. The highest BCUT2D eigenvalue weighted by Gasteiger charge is 2.19. The average molecular weight is 778 g/mol. The molecular weight excluding hydrogens is 743 g/mol. The van der Waals surface area contributed by atoms with Crippen molar-refractivity contribution in [2.75, 3.05) is 0 Å². The number of aromatic nitrogens is 3. The van der Waals surface area contributed by atoms with Gasteiger partial charge < -0.3 is 4.42 Å². The standard InChI is InChI=1S/C57H35N3O/c1-3-15-36(16-4-1)42-31-32-43(45-22-8-7-21-44(42)45)39-29-30-40-35-51(46-23-9-10-24-47(46)52(40)34-39)38-19-13-20-41(33-38)56-58-55(37-17-5-2-6-18-37)59-57(60-56)50-27-14-26-49-48-25-11-12-28-53(48)61-54(49)50/h1-35H. The molecule has 0 bridgehead atoms. The van der Waals surface area contributed by atoms with Crippen LogP contribution in [0.1, 0.15) is 0 Å². The smallest absolute Gasteiger partial charge is 0.167 e. The number of nitrogens with zero attached hydrogens (tertiary/aromatic N) is 3. The quantitative estimate of drug-likeness (QED) is 0.158. The minimum absolute atomic E-state index is 0.563. The van der Waals surface area contributed by atoms with Crippen LogP contribution in [0.25, 0.3) is 122 Å². The van der Waals surface area contributed by atoms with Crippen molar-refractivity contribution in [2.45, 2.75) is 0 Å². The fraction of sp³-hybridized carbons (Fsp3) is 0. The lowest BCUT2D eigenvalue weighted by molar-refractivity contribution is 0.669. The van der Waals surface area contributed by atoms with Crippen LogP contribution in [-0.2, 0) is 0 Å². The number of furan rings is 1. The van der Waals surface area contributed by atoms with Crippen molar-refractivity contribution in [1.29, 1.82) is 0 Å². The first-order valence-electron chi connectivity index (χ1n) is 20.6. The summed E-state index contributed by atoms with van der Waals surface area (Å²) < 4.78 is 6.45. The first-order valence-corrected chi connectivity index (χ1v) is 20.6. The average Bonchev–Trinajstić information content (AvgIpc) is 3.73. The maximum absolute atomic E-state index is 6.45. The number of para-hydroxylation sites is 2. The second kappa shape index (κ2) is 14.3. The van der Waals surface area contributed by atoms with Gasteiger partial charge in [0.1, 0.15) is 11.2 Å². The molecule has 4 heteroatoms. The highest BCUT2D eigenvalue weighted by Crippen LogP contribution is 2.41. The highest BCUT2D eigenvalue weighted by molar-refractivity contribution is 6.16. The maximum Gasteiger partial charge on any atom is 0.167 e. The fourth-order valence-corrected chi connectivity index (χ4v) is 9.02. The zero-order chi connectivity index (χ0) is 40.3. The number of benzene rings is 10. The van der Waals surface area contributed by atoms with E-state index in [0.29, 0.717) is 17.5 Å². The molecule has 284 valence electrons. The lowest BCUT2D eigenvalue weighted by Gasteiger charge is -2.15. The molecule has 0 saturated heterocycles. The molecule has 0 saturated carbocycles. The minimum atomic E-state index is 0.563. The van der Waals surface area contributed by atoms with Crippen molar-refractivity contribution in [2.24, 2.45) is 0 Å². The van der Waals surface area contributed by atoms with E-state index in [1.54, 1.807) is 0 Å². The van der Waals surface area contributed by atoms with Gasteiger partial charge in [-0.05, 0) is 96.0 Å². The molecule has 0 aliphatic heterocycles. The topological polar surface area (TPSA) is 51.8 Å². The van der Waals surface area contributed by atoms with Gasteiger partial charge in [0, 0.05) is 21.9 Å². The summed E-state index contributed by atoms with van der Waals surface area (Å²) in [5.74, 6) is 1.76.